The van der Waals surface area contributed by atoms with E-state index >= 15 is 0 Å². The number of aromatic carboxylic acids is 1. The molecule has 1 N–H and O–H groups in total. The first kappa shape index (κ1) is 14.3. The fraction of sp³-hybridized carbons (Fsp3) is 0.538. The largest absolute Gasteiger partial charge is 0.477 e. The Balaban J connectivity index is 2.70. The Labute approximate surface area is 107 Å². The van der Waals surface area contributed by atoms with Crippen molar-refractivity contribution in [3.63, 3.8) is 0 Å². The second-order valence-corrected chi connectivity index (χ2v) is 5.64. The third kappa shape index (κ3) is 3.91. The monoisotopic (exact) mass is 252 g/mol. The molecule has 0 bridgehead atoms. The number of aromatic nitrogens is 1. The van der Waals surface area contributed by atoms with E-state index < -0.39 is 5.97 Å². The van der Waals surface area contributed by atoms with E-state index in [0.29, 0.717) is 6.54 Å². The van der Waals surface area contributed by atoms with Crippen LogP contribution in [0.1, 0.15) is 31.3 Å². The van der Waals surface area contributed by atoms with E-state index in [2.05, 4.69) is 20.8 Å². The number of carbonyl (C=O) groups is 2. The highest BCUT2D eigenvalue weighted by atomic mass is 16.4. The Hall–Kier alpha value is -1.78. The highest BCUT2D eigenvalue weighted by Crippen LogP contribution is 2.14. The average Bonchev–Trinajstić information content (AvgIpc) is 2.62. The summed E-state index contributed by atoms with van der Waals surface area (Å²) in [7, 11) is 1.73. The van der Waals surface area contributed by atoms with E-state index in [9.17, 15) is 9.59 Å². The molecule has 0 saturated heterocycles. The molecule has 0 saturated carbocycles. The van der Waals surface area contributed by atoms with E-state index in [1.165, 1.54) is 10.6 Å². The fourth-order valence-corrected chi connectivity index (χ4v) is 1.81. The summed E-state index contributed by atoms with van der Waals surface area (Å²) in [5.74, 6) is -1.12. The van der Waals surface area contributed by atoms with Gasteiger partial charge in [-0.15, -0.1) is 0 Å². The van der Waals surface area contributed by atoms with Gasteiger partial charge in [-0.1, -0.05) is 20.8 Å². The standard InChI is InChI=1S/C13H20N2O3/c1-13(2,3)9-14(4)11(16)8-15-7-5-6-10(15)12(17)18/h5-7H,8-9H2,1-4H3,(H,17,18). The first-order chi connectivity index (χ1) is 8.20. The lowest BCUT2D eigenvalue weighted by Gasteiger charge is -2.26. The zero-order valence-corrected chi connectivity index (χ0v) is 11.3. The van der Waals surface area contributed by atoms with Gasteiger partial charge in [-0.3, -0.25) is 4.79 Å². The van der Waals surface area contributed by atoms with Crippen molar-refractivity contribution in [3.8, 4) is 0 Å². The van der Waals surface area contributed by atoms with E-state index in [1.807, 2.05) is 0 Å². The van der Waals surface area contributed by atoms with Crippen LogP contribution in [0.2, 0.25) is 0 Å². The van der Waals surface area contributed by atoms with Crippen molar-refractivity contribution in [1.82, 2.24) is 9.47 Å². The molecule has 5 nitrogen and oxygen atoms in total. The molecule has 1 amide bonds. The van der Waals surface area contributed by atoms with Crippen LogP contribution in [0, 0.1) is 5.41 Å². The Morgan fingerprint density at radius 2 is 2.00 bits per heavy atom. The summed E-state index contributed by atoms with van der Waals surface area (Å²) in [6.45, 7) is 6.84. The number of nitrogens with zero attached hydrogens (tertiary/aromatic N) is 2. The minimum atomic E-state index is -1.02. The first-order valence-electron chi connectivity index (χ1n) is 5.83. The second kappa shape index (κ2) is 5.25. The van der Waals surface area contributed by atoms with E-state index in [0.717, 1.165) is 0 Å². The Morgan fingerprint density at radius 3 is 2.50 bits per heavy atom. The van der Waals surface area contributed by atoms with Crippen LogP contribution in [0.3, 0.4) is 0 Å². The lowest BCUT2D eigenvalue weighted by molar-refractivity contribution is -0.131. The van der Waals surface area contributed by atoms with Crippen LogP contribution in [0.15, 0.2) is 18.3 Å². The number of carboxylic acid groups (broad SMARTS) is 1. The normalized spacial score (nSPS) is 11.3. The number of likely N-dealkylation sites (N-methyl/N-ethyl adjacent to an activating group) is 1. The molecule has 0 aliphatic heterocycles. The van der Waals surface area contributed by atoms with Crippen LogP contribution in [0.4, 0.5) is 0 Å². The number of hydrogen-bond acceptors (Lipinski definition) is 2. The van der Waals surface area contributed by atoms with Crippen LogP contribution in [0.25, 0.3) is 0 Å². The number of amides is 1. The molecule has 0 atom stereocenters. The molecular weight excluding hydrogens is 232 g/mol. The van der Waals surface area contributed by atoms with Gasteiger partial charge in [0.05, 0.1) is 0 Å². The highest BCUT2D eigenvalue weighted by Gasteiger charge is 2.19. The predicted molar refractivity (Wildman–Crippen MR) is 68.5 cm³/mol. The molecule has 1 rings (SSSR count). The van der Waals surface area contributed by atoms with Crippen molar-refractivity contribution in [1.29, 1.82) is 0 Å². The maximum absolute atomic E-state index is 12.0. The lowest BCUT2D eigenvalue weighted by Crippen LogP contribution is -2.36. The molecule has 0 unspecified atom stereocenters. The zero-order valence-electron chi connectivity index (χ0n) is 11.3. The molecule has 0 aromatic carbocycles. The summed E-state index contributed by atoms with van der Waals surface area (Å²) in [6.07, 6.45) is 1.60. The molecule has 0 fully saturated rings. The maximum atomic E-state index is 12.0. The zero-order chi connectivity index (χ0) is 13.9. The second-order valence-electron chi connectivity index (χ2n) is 5.64. The molecule has 1 aromatic rings. The van der Waals surface area contributed by atoms with Crippen LogP contribution in [0.5, 0.6) is 0 Å². The van der Waals surface area contributed by atoms with E-state index in [-0.39, 0.29) is 23.6 Å². The van der Waals surface area contributed by atoms with Crippen molar-refractivity contribution < 1.29 is 14.7 Å². The van der Waals surface area contributed by atoms with Gasteiger partial charge in [0.15, 0.2) is 0 Å². The third-order valence-corrected chi connectivity index (χ3v) is 2.49. The molecule has 5 heteroatoms. The van der Waals surface area contributed by atoms with Gasteiger partial charge in [-0.25, -0.2) is 4.79 Å². The van der Waals surface area contributed by atoms with Gasteiger partial charge >= 0.3 is 5.97 Å². The molecule has 0 aliphatic carbocycles. The molecule has 0 spiro atoms. The first-order valence-corrected chi connectivity index (χ1v) is 5.83. The molecule has 18 heavy (non-hydrogen) atoms. The Morgan fingerprint density at radius 1 is 1.39 bits per heavy atom. The number of carbonyl (C=O) groups excluding carboxylic acids is 1. The SMILES string of the molecule is CN(CC(C)(C)C)C(=O)Cn1cccc1C(=O)O. The number of hydrogen-bond donors (Lipinski definition) is 1. The summed E-state index contributed by atoms with van der Waals surface area (Å²) >= 11 is 0. The smallest absolute Gasteiger partial charge is 0.352 e. The van der Waals surface area contributed by atoms with Crippen LogP contribution < -0.4 is 0 Å². The average molecular weight is 252 g/mol. The van der Waals surface area contributed by atoms with Gasteiger partial charge in [0, 0.05) is 19.8 Å². The third-order valence-electron chi connectivity index (χ3n) is 2.49. The quantitative estimate of drug-likeness (QED) is 0.887. The van der Waals surface area contributed by atoms with Crippen molar-refractivity contribution in [2.24, 2.45) is 5.41 Å². The number of rotatable bonds is 4. The highest BCUT2D eigenvalue weighted by molar-refractivity contribution is 5.86. The van der Waals surface area contributed by atoms with Gasteiger partial charge in [-0.05, 0) is 17.5 Å². The summed E-state index contributed by atoms with van der Waals surface area (Å²) in [5.41, 5.74) is 0.156. The van der Waals surface area contributed by atoms with Crippen LogP contribution >= 0.6 is 0 Å². The summed E-state index contributed by atoms with van der Waals surface area (Å²) in [4.78, 5) is 24.5. The molecule has 0 aliphatic rings. The Kier molecular flexibility index (Phi) is 4.16. The Bertz CT molecular complexity index is 443. The van der Waals surface area contributed by atoms with Gasteiger partial charge in [0.2, 0.25) is 5.91 Å². The van der Waals surface area contributed by atoms with Crippen molar-refractivity contribution in [2.45, 2.75) is 27.3 Å². The minimum Gasteiger partial charge on any atom is -0.477 e. The summed E-state index contributed by atoms with van der Waals surface area (Å²) < 4.78 is 1.45. The van der Waals surface area contributed by atoms with Gasteiger partial charge in [-0.2, -0.15) is 0 Å². The lowest BCUT2D eigenvalue weighted by atomic mass is 9.96. The molecule has 100 valence electrons. The van der Waals surface area contributed by atoms with E-state index in [4.69, 9.17) is 5.11 Å². The molecular formula is C13H20N2O3. The summed E-state index contributed by atoms with van der Waals surface area (Å²) in [5, 5.41) is 8.95. The maximum Gasteiger partial charge on any atom is 0.352 e. The molecule has 1 heterocycles. The van der Waals surface area contributed by atoms with E-state index in [1.54, 1.807) is 24.2 Å². The van der Waals surface area contributed by atoms with Gasteiger partial charge in [0.1, 0.15) is 12.2 Å². The summed E-state index contributed by atoms with van der Waals surface area (Å²) in [6, 6.07) is 3.11. The molecule has 1 aromatic heterocycles. The van der Waals surface area contributed by atoms with Crippen LogP contribution in [-0.2, 0) is 11.3 Å². The molecule has 0 radical (unpaired) electrons. The van der Waals surface area contributed by atoms with Crippen molar-refractivity contribution in [3.05, 3.63) is 24.0 Å². The van der Waals surface area contributed by atoms with Gasteiger partial charge < -0.3 is 14.6 Å². The van der Waals surface area contributed by atoms with Crippen LogP contribution in [-0.4, -0.2) is 40.0 Å². The predicted octanol–water partition coefficient (Wildman–Crippen LogP) is 1.69. The van der Waals surface area contributed by atoms with Crippen molar-refractivity contribution >= 4 is 11.9 Å². The fourth-order valence-electron chi connectivity index (χ4n) is 1.81. The minimum absolute atomic E-state index is 0.0245. The van der Waals surface area contributed by atoms with Crippen molar-refractivity contribution in [2.75, 3.05) is 13.6 Å². The topological polar surface area (TPSA) is 62.5 Å². The number of carboxylic acids is 1. The van der Waals surface area contributed by atoms with Gasteiger partial charge in [0.25, 0.3) is 0 Å².